The number of rotatable bonds is 1. The number of aryl methyl sites for hydroxylation is 1. The van der Waals surface area contributed by atoms with Gasteiger partial charge in [0.1, 0.15) is 5.82 Å². The van der Waals surface area contributed by atoms with E-state index >= 15 is 0 Å². The molecule has 1 heterocycles. The zero-order valence-corrected chi connectivity index (χ0v) is 8.09. The summed E-state index contributed by atoms with van der Waals surface area (Å²) >= 11 is 0. The van der Waals surface area contributed by atoms with Gasteiger partial charge in [0.15, 0.2) is 0 Å². The maximum Gasteiger partial charge on any atom is 0.213 e. The molecule has 0 unspecified atom stereocenters. The predicted octanol–water partition coefficient (Wildman–Crippen LogP) is 3.14. The molecule has 1 radical (unpaired) electrons. The van der Waals surface area contributed by atoms with Gasteiger partial charge in [-0.1, -0.05) is 6.07 Å². The number of benzene rings is 1. The van der Waals surface area contributed by atoms with Crippen molar-refractivity contribution in [1.29, 1.82) is 0 Å². The van der Waals surface area contributed by atoms with Gasteiger partial charge >= 0.3 is 0 Å². The monoisotopic (exact) mass is 204 g/mol. The lowest BCUT2D eigenvalue weighted by Crippen LogP contribution is -1.89. The molecule has 0 bridgehead atoms. The summed E-state index contributed by atoms with van der Waals surface area (Å²) in [5.74, 6) is -0.929. The summed E-state index contributed by atoms with van der Waals surface area (Å²) in [5, 5.41) is 0. The highest BCUT2D eigenvalue weighted by Crippen LogP contribution is 2.20. The number of hydrogen-bond donors (Lipinski definition) is 0. The summed E-state index contributed by atoms with van der Waals surface area (Å²) in [7, 11) is 0. The Hall–Kier alpha value is -1.77. The predicted molar refractivity (Wildman–Crippen MR) is 53.2 cm³/mol. The highest BCUT2D eigenvalue weighted by Gasteiger charge is 2.03. The third kappa shape index (κ3) is 2.18. The second kappa shape index (κ2) is 3.77. The van der Waals surface area contributed by atoms with E-state index in [1.807, 2.05) is 0 Å². The van der Waals surface area contributed by atoms with Crippen molar-refractivity contribution in [3.8, 4) is 11.1 Å². The van der Waals surface area contributed by atoms with Gasteiger partial charge in [-0.3, -0.25) is 0 Å². The van der Waals surface area contributed by atoms with E-state index in [9.17, 15) is 8.78 Å². The smallest absolute Gasteiger partial charge is 0.213 e. The van der Waals surface area contributed by atoms with E-state index < -0.39 is 5.95 Å². The van der Waals surface area contributed by atoms with Gasteiger partial charge in [-0.25, -0.2) is 9.37 Å². The molecule has 1 nitrogen and oxygen atoms in total. The van der Waals surface area contributed by atoms with E-state index in [0.717, 1.165) is 0 Å². The van der Waals surface area contributed by atoms with Gasteiger partial charge in [-0.15, -0.1) is 0 Å². The molecule has 3 heteroatoms. The van der Waals surface area contributed by atoms with Crippen molar-refractivity contribution in [3.63, 3.8) is 0 Å². The van der Waals surface area contributed by atoms with Crippen LogP contribution in [0.5, 0.6) is 0 Å². The third-order valence-corrected chi connectivity index (χ3v) is 2.00. The molecule has 0 aliphatic rings. The topological polar surface area (TPSA) is 12.9 Å². The molecule has 75 valence electrons. The van der Waals surface area contributed by atoms with Gasteiger partial charge in [-0.05, 0) is 42.3 Å². The van der Waals surface area contributed by atoms with Gasteiger partial charge in [0.25, 0.3) is 0 Å². The molecule has 0 aliphatic carbocycles. The average molecular weight is 204 g/mol. The molecule has 1 aromatic heterocycles. The van der Waals surface area contributed by atoms with Crippen LogP contribution in [0.3, 0.4) is 0 Å². The molecule has 0 atom stereocenters. The first-order chi connectivity index (χ1) is 7.15. The Labute approximate surface area is 86.4 Å². The molecule has 2 rings (SSSR count). The highest BCUT2D eigenvalue weighted by molar-refractivity contribution is 5.62. The van der Waals surface area contributed by atoms with Gasteiger partial charge in [0.05, 0.1) is 0 Å². The third-order valence-electron chi connectivity index (χ3n) is 2.00. The first-order valence-electron chi connectivity index (χ1n) is 4.47. The lowest BCUT2D eigenvalue weighted by Gasteiger charge is -2.02. The molecule has 0 amide bonds. The van der Waals surface area contributed by atoms with Crippen molar-refractivity contribution in [3.05, 3.63) is 53.9 Å². The van der Waals surface area contributed by atoms with Crippen LogP contribution in [0.15, 0.2) is 30.3 Å². The largest absolute Gasteiger partial charge is 0.225 e. The first-order valence-corrected chi connectivity index (χ1v) is 4.47. The minimum absolute atomic E-state index is 0.362. The van der Waals surface area contributed by atoms with Crippen molar-refractivity contribution >= 4 is 0 Å². The van der Waals surface area contributed by atoms with Crippen molar-refractivity contribution in [2.75, 3.05) is 0 Å². The number of pyridine rings is 1. The number of hydrogen-bond acceptors (Lipinski definition) is 1. The Balaban J connectivity index is 2.54. The Bertz CT molecular complexity index is 474. The van der Waals surface area contributed by atoms with Gasteiger partial charge in [0, 0.05) is 11.8 Å². The molecule has 0 aliphatic heterocycles. The van der Waals surface area contributed by atoms with Gasteiger partial charge in [-0.2, -0.15) is 4.39 Å². The van der Waals surface area contributed by atoms with E-state index in [4.69, 9.17) is 0 Å². The summed E-state index contributed by atoms with van der Waals surface area (Å²) in [5.41, 5.74) is 1.67. The Kier molecular flexibility index (Phi) is 2.46. The Morgan fingerprint density at radius 2 is 2.00 bits per heavy atom. The molecule has 0 N–H and O–H groups in total. The van der Waals surface area contributed by atoms with E-state index in [1.54, 1.807) is 13.0 Å². The zero-order chi connectivity index (χ0) is 10.8. The average Bonchev–Trinajstić information content (AvgIpc) is 2.16. The summed E-state index contributed by atoms with van der Waals surface area (Å²) in [4.78, 5) is 3.61. The minimum atomic E-state index is -0.567. The molecule has 0 saturated carbocycles. The molecule has 0 spiro atoms. The molecule has 0 saturated heterocycles. The second-order valence-corrected chi connectivity index (χ2v) is 3.24. The Morgan fingerprint density at radius 3 is 2.67 bits per heavy atom. The molecule has 0 fully saturated rings. The van der Waals surface area contributed by atoms with Crippen LogP contribution in [0.2, 0.25) is 0 Å². The van der Waals surface area contributed by atoms with Gasteiger partial charge in [0.2, 0.25) is 5.95 Å². The summed E-state index contributed by atoms with van der Waals surface area (Å²) < 4.78 is 25.9. The van der Waals surface area contributed by atoms with Crippen molar-refractivity contribution in [2.45, 2.75) is 6.92 Å². The number of aromatic nitrogens is 1. The maximum atomic E-state index is 13.0. The van der Waals surface area contributed by atoms with Crippen LogP contribution in [-0.4, -0.2) is 4.98 Å². The fourth-order valence-corrected chi connectivity index (χ4v) is 1.39. The molecular formula is C12H8F2N. The minimum Gasteiger partial charge on any atom is -0.225 e. The Morgan fingerprint density at radius 1 is 1.20 bits per heavy atom. The molecule has 1 aromatic carbocycles. The van der Waals surface area contributed by atoms with Crippen molar-refractivity contribution in [1.82, 2.24) is 4.98 Å². The highest BCUT2D eigenvalue weighted by atomic mass is 19.1. The summed E-state index contributed by atoms with van der Waals surface area (Å²) in [6.45, 7) is 1.69. The van der Waals surface area contributed by atoms with Crippen LogP contribution in [0.25, 0.3) is 11.1 Å². The summed E-state index contributed by atoms with van der Waals surface area (Å²) in [6.07, 6.45) is 0. The van der Waals surface area contributed by atoms with Crippen LogP contribution in [0.4, 0.5) is 8.78 Å². The second-order valence-electron chi connectivity index (χ2n) is 3.24. The maximum absolute atomic E-state index is 13.0. The van der Waals surface area contributed by atoms with Crippen LogP contribution in [-0.2, 0) is 0 Å². The fourth-order valence-electron chi connectivity index (χ4n) is 1.39. The number of nitrogens with zero attached hydrogens (tertiary/aromatic N) is 1. The van der Waals surface area contributed by atoms with E-state index in [2.05, 4.69) is 11.1 Å². The lowest BCUT2D eigenvalue weighted by molar-refractivity contribution is 0.580. The standard InChI is InChI=1S/C12H8F2N/c1-8-5-10(7-12(14)15-8)9-3-2-4-11(13)6-9/h2,4-7H,1H3. The van der Waals surface area contributed by atoms with Crippen molar-refractivity contribution < 1.29 is 8.78 Å². The van der Waals surface area contributed by atoms with Crippen molar-refractivity contribution in [2.24, 2.45) is 0 Å². The quantitative estimate of drug-likeness (QED) is 0.650. The SMILES string of the molecule is Cc1cc(-c2[c]ccc(F)c2)cc(F)n1. The zero-order valence-electron chi connectivity index (χ0n) is 8.09. The van der Waals surface area contributed by atoms with E-state index in [0.29, 0.717) is 16.8 Å². The van der Waals surface area contributed by atoms with Gasteiger partial charge < -0.3 is 0 Å². The summed E-state index contributed by atoms with van der Waals surface area (Å²) in [6, 6.07) is 9.88. The normalized spacial score (nSPS) is 10.3. The van der Waals surface area contributed by atoms with Crippen LogP contribution in [0.1, 0.15) is 5.69 Å². The van der Waals surface area contributed by atoms with E-state index in [-0.39, 0.29) is 5.82 Å². The fraction of sp³-hybridized carbons (Fsp3) is 0.0833. The molecule has 15 heavy (non-hydrogen) atoms. The lowest BCUT2D eigenvalue weighted by atomic mass is 10.1. The van der Waals surface area contributed by atoms with Crippen LogP contribution in [0, 0.1) is 24.8 Å². The van der Waals surface area contributed by atoms with Crippen LogP contribution >= 0.6 is 0 Å². The first kappa shape index (κ1) is 9.77. The number of halogens is 2. The molecular weight excluding hydrogens is 196 g/mol. The van der Waals surface area contributed by atoms with E-state index in [1.165, 1.54) is 24.3 Å². The molecule has 2 aromatic rings. The van der Waals surface area contributed by atoms with Crippen LogP contribution < -0.4 is 0 Å².